The predicted molar refractivity (Wildman–Crippen MR) is 122 cm³/mol. The van der Waals surface area contributed by atoms with Crippen molar-refractivity contribution in [2.45, 2.75) is 45.3 Å². The average molecular weight is 458 g/mol. The highest BCUT2D eigenvalue weighted by atomic mass is 16.5. The molecule has 0 atom stereocenters. The first kappa shape index (κ1) is 20.4. The molecule has 1 N–H and O–H groups in total. The van der Waals surface area contributed by atoms with Crippen LogP contribution in [0.3, 0.4) is 0 Å². The second kappa shape index (κ2) is 7.98. The minimum atomic E-state index is -0.274. The van der Waals surface area contributed by atoms with Crippen molar-refractivity contribution in [3.05, 3.63) is 76.3 Å². The van der Waals surface area contributed by atoms with Crippen molar-refractivity contribution in [2.75, 3.05) is 0 Å². The van der Waals surface area contributed by atoms with Crippen LogP contribution in [0.1, 0.15) is 41.8 Å². The van der Waals surface area contributed by atoms with E-state index in [1.165, 1.54) is 10.9 Å². The third-order valence-corrected chi connectivity index (χ3v) is 6.06. The number of aryl methyl sites for hydroxylation is 1. The number of rotatable bonds is 7. The SMILES string of the molecule is Cc1ccc2c(c1)c1ncn(Cc3nc(C4CC4)no3)c(=O)c1n2CC(=O)NCc1ccco1. The van der Waals surface area contributed by atoms with Crippen molar-refractivity contribution < 1.29 is 13.7 Å². The maximum absolute atomic E-state index is 13.6. The number of furan rings is 1. The highest BCUT2D eigenvalue weighted by molar-refractivity contribution is 6.06. The van der Waals surface area contributed by atoms with Gasteiger partial charge in [-0.15, -0.1) is 0 Å². The van der Waals surface area contributed by atoms with Gasteiger partial charge in [0, 0.05) is 11.3 Å². The largest absolute Gasteiger partial charge is 0.467 e. The van der Waals surface area contributed by atoms with E-state index in [-0.39, 0.29) is 31.1 Å². The third kappa shape index (κ3) is 3.66. The van der Waals surface area contributed by atoms with Crippen LogP contribution in [-0.2, 0) is 24.4 Å². The zero-order valence-electron chi connectivity index (χ0n) is 18.5. The Bertz CT molecular complexity index is 1570. The Kier molecular flexibility index (Phi) is 4.79. The number of carbonyl (C=O) groups is 1. The fraction of sp³-hybridized carbons (Fsp3) is 0.292. The van der Waals surface area contributed by atoms with Gasteiger partial charge in [-0.1, -0.05) is 16.8 Å². The number of hydrogen-bond donors (Lipinski definition) is 1. The van der Waals surface area contributed by atoms with Gasteiger partial charge < -0.3 is 18.8 Å². The second-order valence-corrected chi connectivity index (χ2v) is 8.66. The number of benzene rings is 1. The van der Waals surface area contributed by atoms with E-state index < -0.39 is 0 Å². The first-order valence-corrected chi connectivity index (χ1v) is 11.2. The standard InChI is InChI=1S/C24H22N6O4/c1-14-4-7-18-17(9-14)21-22(30(18)11-19(31)25-10-16-3-2-8-33-16)24(32)29(13-26-21)12-20-27-23(28-34-20)15-5-6-15/h2-4,7-9,13,15H,5-6,10-12H2,1H3,(H,25,31). The smallest absolute Gasteiger partial charge is 0.278 e. The lowest BCUT2D eigenvalue weighted by Gasteiger charge is -2.09. The molecular formula is C24H22N6O4. The Morgan fingerprint density at radius 1 is 1.26 bits per heavy atom. The van der Waals surface area contributed by atoms with Gasteiger partial charge in [0.15, 0.2) is 5.82 Å². The third-order valence-electron chi connectivity index (χ3n) is 6.06. The summed E-state index contributed by atoms with van der Waals surface area (Å²) in [7, 11) is 0. The molecule has 1 aliphatic rings. The van der Waals surface area contributed by atoms with Crippen LogP contribution in [-0.4, -0.2) is 30.2 Å². The van der Waals surface area contributed by atoms with Crippen LogP contribution >= 0.6 is 0 Å². The van der Waals surface area contributed by atoms with E-state index in [1.54, 1.807) is 23.0 Å². The number of carbonyl (C=O) groups excluding carboxylic acids is 1. The van der Waals surface area contributed by atoms with Crippen LogP contribution < -0.4 is 10.9 Å². The molecule has 1 aliphatic carbocycles. The molecule has 0 radical (unpaired) electrons. The summed E-state index contributed by atoms with van der Waals surface area (Å²) in [5.74, 6) is 1.83. The highest BCUT2D eigenvalue weighted by Gasteiger charge is 2.29. The van der Waals surface area contributed by atoms with Crippen molar-refractivity contribution in [3.8, 4) is 0 Å². The Morgan fingerprint density at radius 2 is 2.15 bits per heavy atom. The van der Waals surface area contributed by atoms with Gasteiger partial charge in [-0.2, -0.15) is 4.98 Å². The van der Waals surface area contributed by atoms with E-state index >= 15 is 0 Å². The molecule has 34 heavy (non-hydrogen) atoms. The summed E-state index contributed by atoms with van der Waals surface area (Å²) < 4.78 is 13.8. The molecular weight excluding hydrogens is 436 g/mol. The molecule has 0 bridgehead atoms. The Balaban J connectivity index is 1.38. The summed E-state index contributed by atoms with van der Waals surface area (Å²) in [5, 5.41) is 7.69. The fourth-order valence-corrected chi connectivity index (χ4v) is 4.17. The van der Waals surface area contributed by atoms with Crippen LogP contribution in [0.2, 0.25) is 0 Å². The predicted octanol–water partition coefficient (Wildman–Crippen LogP) is 2.88. The number of nitrogens with one attached hydrogen (secondary N) is 1. The number of amides is 1. The zero-order valence-corrected chi connectivity index (χ0v) is 18.5. The van der Waals surface area contributed by atoms with Gasteiger partial charge in [-0.25, -0.2) is 4.98 Å². The van der Waals surface area contributed by atoms with Gasteiger partial charge in [-0.05, 0) is 44.0 Å². The number of fused-ring (bicyclic) bond motifs is 3. The normalized spacial score (nSPS) is 13.7. The Labute approximate surface area is 193 Å². The van der Waals surface area contributed by atoms with E-state index in [0.29, 0.717) is 34.4 Å². The maximum Gasteiger partial charge on any atom is 0.278 e. The van der Waals surface area contributed by atoms with Crippen molar-refractivity contribution in [1.82, 2.24) is 29.6 Å². The number of hydrogen-bond acceptors (Lipinski definition) is 7. The molecule has 6 rings (SSSR count). The molecule has 0 spiro atoms. The highest BCUT2D eigenvalue weighted by Crippen LogP contribution is 2.38. The van der Waals surface area contributed by atoms with Crippen LogP contribution in [0.4, 0.5) is 0 Å². The first-order valence-electron chi connectivity index (χ1n) is 11.2. The fourth-order valence-electron chi connectivity index (χ4n) is 4.17. The minimum absolute atomic E-state index is 0.0307. The van der Waals surface area contributed by atoms with Crippen LogP contribution in [0.5, 0.6) is 0 Å². The van der Waals surface area contributed by atoms with Crippen LogP contribution in [0.25, 0.3) is 21.9 Å². The second-order valence-electron chi connectivity index (χ2n) is 8.66. The molecule has 1 fully saturated rings. The molecule has 1 aromatic carbocycles. The summed E-state index contributed by atoms with van der Waals surface area (Å²) in [4.78, 5) is 35.3. The average Bonchev–Trinajstić information content (AvgIpc) is 3.22. The van der Waals surface area contributed by atoms with E-state index in [0.717, 1.165) is 29.3 Å². The van der Waals surface area contributed by atoms with E-state index in [1.807, 2.05) is 25.1 Å². The van der Waals surface area contributed by atoms with Crippen molar-refractivity contribution in [3.63, 3.8) is 0 Å². The number of nitrogens with zero attached hydrogens (tertiary/aromatic N) is 5. The lowest BCUT2D eigenvalue weighted by Crippen LogP contribution is -2.29. The minimum Gasteiger partial charge on any atom is -0.467 e. The first-order chi connectivity index (χ1) is 16.6. The van der Waals surface area contributed by atoms with Crippen LogP contribution in [0, 0.1) is 6.92 Å². The topological polar surface area (TPSA) is 121 Å². The van der Waals surface area contributed by atoms with Crippen molar-refractivity contribution in [2.24, 2.45) is 0 Å². The van der Waals surface area contributed by atoms with E-state index in [9.17, 15) is 9.59 Å². The summed E-state index contributed by atoms with van der Waals surface area (Å²) in [5.41, 5.74) is 2.45. The molecule has 4 heterocycles. The van der Waals surface area contributed by atoms with Crippen LogP contribution in [0.15, 0.2) is 56.7 Å². The molecule has 5 aromatic rings. The van der Waals surface area contributed by atoms with E-state index in [2.05, 4.69) is 20.4 Å². The number of aromatic nitrogens is 5. The Hall–Kier alpha value is -4.21. The van der Waals surface area contributed by atoms with Gasteiger partial charge >= 0.3 is 0 Å². The summed E-state index contributed by atoms with van der Waals surface area (Å²) in [6, 6.07) is 9.40. The molecule has 1 amide bonds. The van der Waals surface area contributed by atoms with Gasteiger partial charge in [0.25, 0.3) is 5.56 Å². The molecule has 172 valence electrons. The van der Waals surface area contributed by atoms with E-state index in [4.69, 9.17) is 8.94 Å². The van der Waals surface area contributed by atoms with Gasteiger partial charge in [0.1, 0.15) is 29.9 Å². The summed E-state index contributed by atoms with van der Waals surface area (Å²) in [6.45, 7) is 2.34. The molecule has 0 unspecified atom stereocenters. The maximum atomic E-state index is 13.6. The van der Waals surface area contributed by atoms with Crippen molar-refractivity contribution in [1.29, 1.82) is 0 Å². The molecule has 10 heteroatoms. The lowest BCUT2D eigenvalue weighted by molar-refractivity contribution is -0.121. The summed E-state index contributed by atoms with van der Waals surface area (Å²) in [6.07, 6.45) is 5.18. The van der Waals surface area contributed by atoms with Gasteiger partial charge in [0.05, 0.1) is 24.7 Å². The molecule has 0 aliphatic heterocycles. The van der Waals surface area contributed by atoms with Gasteiger partial charge in [0.2, 0.25) is 11.8 Å². The molecule has 0 saturated heterocycles. The monoisotopic (exact) mass is 458 g/mol. The molecule has 1 saturated carbocycles. The molecule has 10 nitrogen and oxygen atoms in total. The zero-order chi connectivity index (χ0) is 23.2. The Morgan fingerprint density at radius 3 is 2.94 bits per heavy atom. The van der Waals surface area contributed by atoms with Gasteiger partial charge in [-0.3, -0.25) is 14.2 Å². The van der Waals surface area contributed by atoms with Crippen molar-refractivity contribution >= 4 is 27.8 Å². The summed E-state index contributed by atoms with van der Waals surface area (Å²) >= 11 is 0. The quantitative estimate of drug-likeness (QED) is 0.398. The molecule has 4 aromatic heterocycles. The lowest BCUT2D eigenvalue weighted by atomic mass is 10.1.